The summed E-state index contributed by atoms with van der Waals surface area (Å²) in [6.07, 6.45) is 0. The highest BCUT2D eigenvalue weighted by Crippen LogP contribution is 2.24. The fourth-order valence-corrected chi connectivity index (χ4v) is 3.29. The molecular formula is C21H23ClN4O2. The number of nitrogens with one attached hydrogen (secondary N) is 1. The molecule has 1 N–H and O–H groups in total. The van der Waals surface area contributed by atoms with Crippen molar-refractivity contribution in [3.8, 4) is 0 Å². The number of rotatable bonds is 6. The first-order valence-corrected chi connectivity index (χ1v) is 9.50. The van der Waals surface area contributed by atoms with Crippen LogP contribution in [-0.4, -0.2) is 40.9 Å². The average molecular weight is 399 g/mol. The molecule has 0 aliphatic rings. The number of aromatic nitrogens is 2. The van der Waals surface area contributed by atoms with Crippen LogP contribution in [-0.2, 0) is 11.3 Å². The quantitative estimate of drug-likeness (QED) is 0.691. The molecule has 1 aromatic heterocycles. The number of halogens is 1. The molecule has 0 saturated heterocycles. The predicted molar refractivity (Wildman–Crippen MR) is 113 cm³/mol. The van der Waals surface area contributed by atoms with Gasteiger partial charge >= 0.3 is 0 Å². The second-order valence-electron chi connectivity index (χ2n) is 6.74. The van der Waals surface area contributed by atoms with Crippen molar-refractivity contribution < 1.29 is 4.79 Å². The van der Waals surface area contributed by atoms with E-state index in [-0.39, 0.29) is 18.0 Å². The lowest BCUT2D eigenvalue weighted by Crippen LogP contribution is -2.38. The van der Waals surface area contributed by atoms with Crippen LogP contribution in [0.1, 0.15) is 18.3 Å². The van der Waals surface area contributed by atoms with Gasteiger partial charge in [0.25, 0.3) is 5.56 Å². The number of H-pyrrole nitrogens is 1. The fourth-order valence-electron chi connectivity index (χ4n) is 3.02. The van der Waals surface area contributed by atoms with E-state index in [0.29, 0.717) is 40.5 Å². The van der Waals surface area contributed by atoms with Crippen LogP contribution in [0, 0.1) is 6.92 Å². The predicted octanol–water partition coefficient (Wildman–Crippen LogP) is 3.37. The van der Waals surface area contributed by atoms with Gasteiger partial charge in [-0.05, 0) is 37.7 Å². The number of likely N-dealkylation sites (N-methyl/N-ethyl adjacent to an activating group) is 2. The molecule has 0 aliphatic carbocycles. The summed E-state index contributed by atoms with van der Waals surface area (Å²) in [6.45, 7) is 5.10. The second kappa shape index (κ2) is 8.54. The zero-order valence-corrected chi connectivity index (χ0v) is 17.0. The summed E-state index contributed by atoms with van der Waals surface area (Å²) in [6, 6.07) is 12.8. The Kier molecular flexibility index (Phi) is 6.11. The molecular weight excluding hydrogens is 376 g/mol. The number of anilines is 1. The zero-order valence-electron chi connectivity index (χ0n) is 16.2. The van der Waals surface area contributed by atoms with E-state index >= 15 is 0 Å². The highest BCUT2D eigenvalue weighted by Gasteiger charge is 2.18. The lowest BCUT2D eigenvalue weighted by molar-refractivity contribution is -0.119. The Labute approximate surface area is 168 Å². The number of carbonyl (C=O) groups excluding carboxylic acids is 1. The van der Waals surface area contributed by atoms with E-state index in [9.17, 15) is 9.59 Å². The van der Waals surface area contributed by atoms with Crippen LogP contribution in [0.25, 0.3) is 10.9 Å². The van der Waals surface area contributed by atoms with E-state index in [2.05, 4.69) is 9.97 Å². The molecule has 0 radical (unpaired) electrons. The Morgan fingerprint density at radius 2 is 1.96 bits per heavy atom. The number of carbonyl (C=O) groups is 1. The van der Waals surface area contributed by atoms with Gasteiger partial charge in [-0.15, -0.1) is 0 Å². The molecule has 3 rings (SSSR count). The van der Waals surface area contributed by atoms with Crippen LogP contribution in [0.3, 0.4) is 0 Å². The Morgan fingerprint density at radius 1 is 1.21 bits per heavy atom. The minimum atomic E-state index is -0.167. The van der Waals surface area contributed by atoms with Gasteiger partial charge in [0.15, 0.2) is 0 Å². The van der Waals surface area contributed by atoms with Crippen LogP contribution in [0.2, 0.25) is 5.02 Å². The third-order valence-corrected chi connectivity index (χ3v) is 5.00. The number of fused-ring (bicyclic) bond motifs is 1. The number of hydrogen-bond donors (Lipinski definition) is 1. The van der Waals surface area contributed by atoms with Crippen molar-refractivity contribution in [3.05, 3.63) is 69.2 Å². The summed E-state index contributed by atoms with van der Waals surface area (Å²) in [5, 5.41) is 1.10. The van der Waals surface area contributed by atoms with Gasteiger partial charge in [-0.1, -0.05) is 42.3 Å². The van der Waals surface area contributed by atoms with Crippen molar-refractivity contribution in [2.45, 2.75) is 20.4 Å². The van der Waals surface area contributed by atoms with Crippen LogP contribution in [0.15, 0.2) is 47.3 Å². The molecule has 0 bridgehead atoms. The summed E-state index contributed by atoms with van der Waals surface area (Å²) >= 11 is 6.19. The van der Waals surface area contributed by atoms with E-state index in [0.717, 1.165) is 5.56 Å². The topological polar surface area (TPSA) is 69.3 Å². The van der Waals surface area contributed by atoms with E-state index in [1.807, 2.05) is 49.1 Å². The molecule has 0 unspecified atom stereocenters. The molecule has 146 valence electrons. The molecule has 0 saturated carbocycles. The van der Waals surface area contributed by atoms with Crippen molar-refractivity contribution >= 4 is 34.1 Å². The molecule has 6 nitrogen and oxygen atoms in total. The Morgan fingerprint density at radius 3 is 2.68 bits per heavy atom. The number of aromatic amines is 1. The standard InChI is InChI=1S/C21H23ClN4O2/c1-4-26(13-20(27)25(3)18-8-6-5-7-16(18)22)12-19-23-17-10-9-14(2)11-15(17)21(28)24-19/h5-11H,4,12-13H2,1-3H3,(H,23,24,28). The molecule has 2 aromatic carbocycles. The van der Waals surface area contributed by atoms with Gasteiger partial charge in [0.2, 0.25) is 5.91 Å². The number of hydrogen-bond acceptors (Lipinski definition) is 4. The maximum atomic E-state index is 12.7. The molecule has 28 heavy (non-hydrogen) atoms. The van der Waals surface area contributed by atoms with Crippen molar-refractivity contribution in [2.24, 2.45) is 0 Å². The highest BCUT2D eigenvalue weighted by molar-refractivity contribution is 6.33. The molecule has 1 heterocycles. The Balaban J connectivity index is 1.76. The molecule has 0 fully saturated rings. The van der Waals surface area contributed by atoms with Gasteiger partial charge in [-0.3, -0.25) is 14.5 Å². The largest absolute Gasteiger partial charge is 0.313 e. The molecule has 3 aromatic rings. The van der Waals surface area contributed by atoms with Gasteiger partial charge in [0.1, 0.15) is 5.82 Å². The van der Waals surface area contributed by atoms with Gasteiger partial charge < -0.3 is 9.88 Å². The lowest BCUT2D eigenvalue weighted by Gasteiger charge is -2.24. The minimum absolute atomic E-state index is 0.0892. The van der Waals surface area contributed by atoms with Crippen molar-refractivity contribution in [3.63, 3.8) is 0 Å². The van der Waals surface area contributed by atoms with E-state index in [1.54, 1.807) is 24.1 Å². The summed E-state index contributed by atoms with van der Waals surface area (Å²) in [5.74, 6) is 0.449. The number of benzene rings is 2. The van der Waals surface area contributed by atoms with E-state index < -0.39 is 0 Å². The third kappa shape index (κ3) is 4.40. The molecule has 0 spiro atoms. The first-order valence-electron chi connectivity index (χ1n) is 9.12. The van der Waals surface area contributed by atoms with Crippen LogP contribution < -0.4 is 10.5 Å². The van der Waals surface area contributed by atoms with Crippen LogP contribution >= 0.6 is 11.6 Å². The van der Waals surface area contributed by atoms with Gasteiger partial charge in [-0.25, -0.2) is 4.98 Å². The van der Waals surface area contributed by atoms with Crippen LogP contribution in [0.5, 0.6) is 0 Å². The van der Waals surface area contributed by atoms with Crippen molar-refractivity contribution in [2.75, 3.05) is 25.0 Å². The molecule has 7 heteroatoms. The van der Waals surface area contributed by atoms with Gasteiger partial charge in [0, 0.05) is 7.05 Å². The summed E-state index contributed by atoms with van der Waals surface area (Å²) < 4.78 is 0. The van der Waals surface area contributed by atoms with Crippen molar-refractivity contribution in [1.82, 2.24) is 14.9 Å². The number of aryl methyl sites for hydroxylation is 1. The van der Waals surface area contributed by atoms with Gasteiger partial charge in [0.05, 0.1) is 34.7 Å². The smallest absolute Gasteiger partial charge is 0.258 e. The fraction of sp³-hybridized carbons (Fsp3) is 0.286. The van der Waals surface area contributed by atoms with Crippen molar-refractivity contribution in [1.29, 1.82) is 0 Å². The maximum Gasteiger partial charge on any atom is 0.258 e. The third-order valence-electron chi connectivity index (χ3n) is 4.68. The summed E-state index contributed by atoms with van der Waals surface area (Å²) in [4.78, 5) is 35.9. The lowest BCUT2D eigenvalue weighted by atomic mass is 10.2. The number of para-hydroxylation sites is 1. The number of nitrogens with zero attached hydrogens (tertiary/aromatic N) is 3. The first kappa shape index (κ1) is 20.0. The molecule has 1 amide bonds. The molecule has 0 aliphatic heterocycles. The van der Waals surface area contributed by atoms with E-state index in [4.69, 9.17) is 11.6 Å². The van der Waals surface area contributed by atoms with Gasteiger partial charge in [-0.2, -0.15) is 0 Å². The van der Waals surface area contributed by atoms with Crippen LogP contribution in [0.4, 0.5) is 5.69 Å². The zero-order chi connectivity index (χ0) is 20.3. The SMILES string of the molecule is CCN(CC(=O)N(C)c1ccccc1Cl)Cc1nc2ccc(C)cc2c(=O)[nH]1. The Hall–Kier alpha value is -2.70. The highest BCUT2D eigenvalue weighted by atomic mass is 35.5. The number of amides is 1. The maximum absolute atomic E-state index is 12.7. The summed E-state index contributed by atoms with van der Waals surface area (Å²) in [7, 11) is 1.70. The Bertz CT molecular complexity index is 1060. The second-order valence-corrected chi connectivity index (χ2v) is 7.15. The monoisotopic (exact) mass is 398 g/mol. The minimum Gasteiger partial charge on any atom is -0.313 e. The average Bonchev–Trinajstić information content (AvgIpc) is 2.68. The normalized spacial score (nSPS) is 11.2. The van der Waals surface area contributed by atoms with E-state index in [1.165, 1.54) is 0 Å². The summed E-state index contributed by atoms with van der Waals surface area (Å²) in [5.41, 5.74) is 2.16. The molecule has 0 atom stereocenters. The first-order chi connectivity index (χ1) is 13.4.